The number of nitrogens with one attached hydrogen (secondary N) is 1. The van der Waals surface area contributed by atoms with Crippen LogP contribution >= 0.6 is 11.6 Å². The smallest absolute Gasteiger partial charge is 0.416 e. The van der Waals surface area contributed by atoms with Crippen LogP contribution in [0.25, 0.3) is 10.8 Å². The Morgan fingerprint density at radius 2 is 1.70 bits per heavy atom. The maximum absolute atomic E-state index is 13.0. The number of hydrogen-bond donors (Lipinski definition) is 2. The maximum Gasteiger partial charge on any atom is 0.416 e. The molecular weight excluding hydrogens is 417 g/mol. The molecule has 0 unspecified atom stereocenters. The van der Waals surface area contributed by atoms with Crippen LogP contribution in [0.15, 0.2) is 67.0 Å². The first kappa shape index (κ1) is 19.8. The topological polar surface area (TPSA) is 73.1 Å². The van der Waals surface area contributed by atoms with Gasteiger partial charge in [-0.1, -0.05) is 41.9 Å². The molecule has 5 nitrogen and oxygen atoms in total. The summed E-state index contributed by atoms with van der Waals surface area (Å²) in [5.41, 5.74) is 5.27. The minimum Gasteiger partial charge on any atom is -0.437 e. The maximum atomic E-state index is 13.0. The molecule has 4 rings (SSSR count). The van der Waals surface area contributed by atoms with Gasteiger partial charge >= 0.3 is 6.18 Å². The van der Waals surface area contributed by atoms with E-state index in [2.05, 4.69) is 15.3 Å². The van der Waals surface area contributed by atoms with Crippen LogP contribution in [0.1, 0.15) is 5.56 Å². The lowest BCUT2D eigenvalue weighted by molar-refractivity contribution is -0.137. The van der Waals surface area contributed by atoms with Gasteiger partial charge in [-0.2, -0.15) is 18.2 Å². The van der Waals surface area contributed by atoms with Gasteiger partial charge < -0.3 is 15.8 Å². The van der Waals surface area contributed by atoms with E-state index in [4.69, 9.17) is 22.1 Å². The van der Waals surface area contributed by atoms with E-state index in [0.29, 0.717) is 5.75 Å². The van der Waals surface area contributed by atoms with E-state index in [0.717, 1.165) is 29.0 Å². The second-order valence-electron chi connectivity index (χ2n) is 6.37. The average molecular weight is 431 g/mol. The van der Waals surface area contributed by atoms with Crippen molar-refractivity contribution in [2.45, 2.75) is 6.18 Å². The number of hydrogen-bond acceptors (Lipinski definition) is 5. The van der Waals surface area contributed by atoms with Crippen molar-refractivity contribution in [3.8, 4) is 11.6 Å². The second kappa shape index (κ2) is 7.72. The van der Waals surface area contributed by atoms with Crippen molar-refractivity contribution in [1.29, 1.82) is 0 Å². The molecule has 0 fully saturated rings. The van der Waals surface area contributed by atoms with Gasteiger partial charge in [0, 0.05) is 0 Å². The Morgan fingerprint density at radius 3 is 2.47 bits per heavy atom. The van der Waals surface area contributed by atoms with Crippen LogP contribution in [0.5, 0.6) is 11.6 Å². The predicted octanol–water partition coefficient (Wildman–Crippen LogP) is 6.42. The second-order valence-corrected chi connectivity index (χ2v) is 6.78. The number of rotatable bonds is 4. The normalized spacial score (nSPS) is 11.5. The van der Waals surface area contributed by atoms with Gasteiger partial charge in [-0.25, -0.2) is 4.98 Å². The number of fused-ring (bicyclic) bond motifs is 1. The highest BCUT2D eigenvalue weighted by atomic mass is 35.5. The van der Waals surface area contributed by atoms with Gasteiger partial charge in [-0.15, -0.1) is 0 Å². The Balaban J connectivity index is 1.63. The van der Waals surface area contributed by atoms with Crippen molar-refractivity contribution < 1.29 is 17.9 Å². The first-order valence-electron chi connectivity index (χ1n) is 8.72. The molecule has 9 heteroatoms. The molecule has 0 saturated carbocycles. The molecule has 152 valence electrons. The fourth-order valence-corrected chi connectivity index (χ4v) is 2.99. The van der Waals surface area contributed by atoms with E-state index in [1.54, 1.807) is 6.07 Å². The molecule has 0 radical (unpaired) electrons. The number of aromatic nitrogens is 2. The third-order valence-corrected chi connectivity index (χ3v) is 4.66. The van der Waals surface area contributed by atoms with Crippen molar-refractivity contribution in [2.75, 3.05) is 11.1 Å². The standard InChI is InChI=1S/C21H14ClF3N4O/c22-16-8-6-14(21(23,24)25)10-17(16)29-19-18(26)20(28-11-27-19)30-15-7-5-12-3-1-2-4-13(12)9-15/h1-11H,26H2,(H,27,28,29). The Kier molecular flexibility index (Phi) is 5.09. The molecule has 1 heterocycles. The highest BCUT2D eigenvalue weighted by Gasteiger charge is 2.31. The Bertz CT molecular complexity index is 1230. The van der Waals surface area contributed by atoms with Gasteiger partial charge in [0.1, 0.15) is 17.8 Å². The van der Waals surface area contributed by atoms with Gasteiger partial charge in [-0.05, 0) is 41.1 Å². The number of benzene rings is 3. The number of nitrogens with two attached hydrogens (primary N) is 1. The van der Waals surface area contributed by atoms with Crippen LogP contribution in [0.3, 0.4) is 0 Å². The Morgan fingerprint density at radius 1 is 0.933 bits per heavy atom. The number of nitrogens with zero attached hydrogens (tertiary/aromatic N) is 2. The van der Waals surface area contributed by atoms with Gasteiger partial charge in [0.2, 0.25) is 5.88 Å². The lowest BCUT2D eigenvalue weighted by Crippen LogP contribution is -2.07. The lowest BCUT2D eigenvalue weighted by Gasteiger charge is -2.14. The zero-order valence-corrected chi connectivity index (χ0v) is 16.0. The van der Waals surface area contributed by atoms with Gasteiger partial charge in [0.05, 0.1) is 16.3 Å². The van der Waals surface area contributed by atoms with E-state index in [1.807, 2.05) is 36.4 Å². The van der Waals surface area contributed by atoms with Gasteiger partial charge in [0.25, 0.3) is 0 Å². The summed E-state index contributed by atoms with van der Waals surface area (Å²) >= 11 is 6.03. The molecule has 0 bridgehead atoms. The van der Waals surface area contributed by atoms with Gasteiger partial charge in [0.15, 0.2) is 5.82 Å². The summed E-state index contributed by atoms with van der Waals surface area (Å²) in [7, 11) is 0. The van der Waals surface area contributed by atoms with E-state index in [1.165, 1.54) is 6.33 Å². The molecule has 0 amide bonds. The number of anilines is 3. The van der Waals surface area contributed by atoms with Gasteiger partial charge in [-0.3, -0.25) is 0 Å². The molecular formula is C21H14ClF3N4O. The zero-order chi connectivity index (χ0) is 21.3. The third-order valence-electron chi connectivity index (χ3n) is 4.33. The van der Waals surface area contributed by atoms with Crippen molar-refractivity contribution in [3.63, 3.8) is 0 Å². The number of ether oxygens (including phenoxy) is 1. The molecule has 0 saturated heterocycles. The van der Waals surface area contributed by atoms with Crippen LogP contribution in [0, 0.1) is 0 Å². The summed E-state index contributed by atoms with van der Waals surface area (Å²) < 4.78 is 44.8. The highest BCUT2D eigenvalue weighted by Crippen LogP contribution is 2.37. The molecule has 0 spiro atoms. The van der Waals surface area contributed by atoms with E-state index >= 15 is 0 Å². The van der Waals surface area contributed by atoms with Crippen molar-refractivity contribution in [2.24, 2.45) is 0 Å². The summed E-state index contributed by atoms with van der Waals surface area (Å²) in [5, 5.41) is 4.81. The van der Waals surface area contributed by atoms with Crippen LogP contribution in [-0.4, -0.2) is 9.97 Å². The summed E-state index contributed by atoms with van der Waals surface area (Å²) in [4.78, 5) is 8.02. The van der Waals surface area contributed by atoms with Crippen LogP contribution in [0.2, 0.25) is 5.02 Å². The van der Waals surface area contributed by atoms with Crippen LogP contribution < -0.4 is 15.8 Å². The number of halogens is 4. The fourth-order valence-electron chi connectivity index (χ4n) is 2.83. The number of nitrogen functional groups attached to an aromatic ring is 1. The summed E-state index contributed by atoms with van der Waals surface area (Å²) in [6, 6.07) is 16.2. The molecule has 0 atom stereocenters. The molecule has 4 aromatic rings. The third kappa shape index (κ3) is 4.08. The molecule has 0 aliphatic carbocycles. The predicted molar refractivity (Wildman–Crippen MR) is 110 cm³/mol. The minimum atomic E-state index is -4.51. The summed E-state index contributed by atoms with van der Waals surface area (Å²) in [6.07, 6.45) is -3.32. The molecule has 0 aliphatic rings. The first-order valence-corrected chi connectivity index (χ1v) is 9.10. The average Bonchev–Trinajstić information content (AvgIpc) is 2.71. The van der Waals surface area contributed by atoms with Crippen LogP contribution in [0.4, 0.5) is 30.4 Å². The largest absolute Gasteiger partial charge is 0.437 e. The van der Waals surface area contributed by atoms with Crippen molar-refractivity contribution >= 4 is 39.6 Å². The molecule has 1 aromatic heterocycles. The SMILES string of the molecule is Nc1c(Nc2cc(C(F)(F)F)ccc2Cl)ncnc1Oc1ccc2ccccc2c1. The summed E-state index contributed by atoms with van der Waals surface area (Å²) in [5.74, 6) is 0.634. The summed E-state index contributed by atoms with van der Waals surface area (Å²) in [6.45, 7) is 0. The van der Waals surface area contributed by atoms with Crippen molar-refractivity contribution in [3.05, 3.63) is 77.6 Å². The fraction of sp³-hybridized carbons (Fsp3) is 0.0476. The number of alkyl halides is 3. The van der Waals surface area contributed by atoms with E-state index in [9.17, 15) is 13.2 Å². The Labute approximate surface area is 174 Å². The monoisotopic (exact) mass is 430 g/mol. The lowest BCUT2D eigenvalue weighted by atomic mass is 10.1. The molecule has 0 aliphatic heterocycles. The zero-order valence-electron chi connectivity index (χ0n) is 15.2. The molecule has 3 aromatic carbocycles. The Hall–Kier alpha value is -3.52. The quantitative estimate of drug-likeness (QED) is 0.391. The van der Waals surface area contributed by atoms with E-state index in [-0.39, 0.29) is 28.1 Å². The van der Waals surface area contributed by atoms with E-state index < -0.39 is 11.7 Å². The van der Waals surface area contributed by atoms with Crippen LogP contribution in [-0.2, 0) is 6.18 Å². The molecule has 30 heavy (non-hydrogen) atoms. The highest BCUT2D eigenvalue weighted by molar-refractivity contribution is 6.33. The minimum absolute atomic E-state index is 0.00791. The van der Waals surface area contributed by atoms with Crippen molar-refractivity contribution in [1.82, 2.24) is 9.97 Å². The molecule has 3 N–H and O–H groups in total. The first-order chi connectivity index (χ1) is 14.3.